The third kappa shape index (κ3) is 4.58. The molecule has 0 atom stereocenters. The average molecular weight is 276 g/mol. The van der Waals surface area contributed by atoms with E-state index in [-0.39, 0.29) is 5.91 Å². The van der Waals surface area contributed by atoms with Crippen LogP contribution in [0.5, 0.6) is 0 Å². The average Bonchev–Trinajstić information content (AvgIpc) is 2.76. The fourth-order valence-electron chi connectivity index (χ4n) is 2.41. The zero-order valence-electron chi connectivity index (χ0n) is 12.2. The number of carbonyl (C=O) groups excluding carboxylic acids is 1. The molecule has 1 aliphatic rings. The number of hydrogen-bond acceptors (Lipinski definition) is 4. The quantitative estimate of drug-likeness (QED) is 0.861. The number of pyridine rings is 1. The molecule has 20 heavy (non-hydrogen) atoms. The number of rotatable bonds is 5. The lowest BCUT2D eigenvalue weighted by molar-refractivity contribution is -0.132. The highest BCUT2D eigenvalue weighted by Crippen LogP contribution is 2.04. The lowest BCUT2D eigenvalue weighted by Gasteiger charge is -2.25. The maximum Gasteiger partial charge on any atom is 0.236 e. The van der Waals surface area contributed by atoms with Gasteiger partial charge in [-0.2, -0.15) is 0 Å². The van der Waals surface area contributed by atoms with E-state index in [0.29, 0.717) is 6.54 Å². The van der Waals surface area contributed by atoms with Crippen molar-refractivity contribution in [2.24, 2.45) is 0 Å². The molecule has 2 heterocycles. The fourth-order valence-corrected chi connectivity index (χ4v) is 2.41. The molecule has 1 N–H and O–H groups in total. The summed E-state index contributed by atoms with van der Waals surface area (Å²) >= 11 is 0. The maximum absolute atomic E-state index is 12.4. The van der Waals surface area contributed by atoms with Crippen LogP contribution in [0, 0.1) is 0 Å². The van der Waals surface area contributed by atoms with Gasteiger partial charge < -0.3 is 10.2 Å². The molecule has 2 rings (SSSR count). The van der Waals surface area contributed by atoms with Crippen molar-refractivity contribution in [2.45, 2.75) is 19.9 Å². The van der Waals surface area contributed by atoms with Crippen molar-refractivity contribution < 1.29 is 4.79 Å². The van der Waals surface area contributed by atoms with Crippen LogP contribution in [0.25, 0.3) is 0 Å². The minimum atomic E-state index is 0.240. The smallest absolute Gasteiger partial charge is 0.236 e. The summed E-state index contributed by atoms with van der Waals surface area (Å²) in [5.41, 5.74) is 1.20. The van der Waals surface area contributed by atoms with E-state index in [0.717, 1.165) is 45.7 Å². The summed E-state index contributed by atoms with van der Waals surface area (Å²) in [7, 11) is 0. The van der Waals surface area contributed by atoms with Gasteiger partial charge in [0, 0.05) is 38.6 Å². The number of amides is 1. The van der Waals surface area contributed by atoms with Crippen molar-refractivity contribution in [1.82, 2.24) is 20.1 Å². The normalized spacial score (nSPS) is 16.2. The van der Waals surface area contributed by atoms with Crippen molar-refractivity contribution >= 4 is 5.91 Å². The van der Waals surface area contributed by atoms with Gasteiger partial charge in [0.25, 0.3) is 0 Å². The van der Waals surface area contributed by atoms with Gasteiger partial charge in [-0.05, 0) is 37.2 Å². The van der Waals surface area contributed by atoms with Gasteiger partial charge in [-0.25, -0.2) is 0 Å². The van der Waals surface area contributed by atoms with Crippen LogP contribution in [0.1, 0.15) is 18.9 Å². The van der Waals surface area contributed by atoms with Crippen LogP contribution in [0.4, 0.5) is 0 Å². The molecule has 0 bridgehead atoms. The Bertz CT molecular complexity index is 402. The van der Waals surface area contributed by atoms with E-state index >= 15 is 0 Å². The minimum absolute atomic E-state index is 0.240. The van der Waals surface area contributed by atoms with Gasteiger partial charge in [-0.1, -0.05) is 6.92 Å². The topological polar surface area (TPSA) is 48.5 Å². The summed E-state index contributed by atoms with van der Waals surface area (Å²) < 4.78 is 0. The first kappa shape index (κ1) is 14.9. The van der Waals surface area contributed by atoms with Gasteiger partial charge in [0.05, 0.1) is 6.54 Å². The number of nitrogens with zero attached hydrogens (tertiary/aromatic N) is 3. The van der Waals surface area contributed by atoms with Crippen LogP contribution >= 0.6 is 0 Å². The summed E-state index contributed by atoms with van der Waals surface area (Å²) in [5.74, 6) is 0.240. The fraction of sp³-hybridized carbons (Fsp3) is 0.600. The standard InChI is InChI=1S/C15H24N4O/c1-2-18(12-14-4-7-17-8-5-14)13-15(20)19-10-3-6-16-9-11-19/h4-5,7-8,16H,2-3,6,9-13H2,1H3. The van der Waals surface area contributed by atoms with Crippen LogP contribution in [0.2, 0.25) is 0 Å². The second-order valence-electron chi connectivity index (χ2n) is 5.14. The van der Waals surface area contributed by atoms with Crippen molar-refractivity contribution in [3.63, 3.8) is 0 Å². The largest absolute Gasteiger partial charge is 0.340 e. The highest BCUT2D eigenvalue weighted by atomic mass is 16.2. The molecule has 1 aromatic heterocycles. The molecule has 0 unspecified atom stereocenters. The zero-order chi connectivity index (χ0) is 14.2. The Balaban J connectivity index is 1.87. The van der Waals surface area contributed by atoms with Crippen LogP contribution < -0.4 is 5.32 Å². The molecule has 1 saturated heterocycles. The number of likely N-dealkylation sites (N-methyl/N-ethyl adjacent to an activating group) is 1. The molecule has 110 valence electrons. The number of nitrogens with one attached hydrogen (secondary N) is 1. The summed E-state index contributed by atoms with van der Waals surface area (Å²) in [6.45, 7) is 7.89. The Hall–Kier alpha value is -1.46. The highest BCUT2D eigenvalue weighted by Gasteiger charge is 2.17. The summed E-state index contributed by atoms with van der Waals surface area (Å²) in [5, 5.41) is 3.32. The lowest BCUT2D eigenvalue weighted by atomic mass is 10.2. The Labute approximate surface area is 121 Å². The minimum Gasteiger partial charge on any atom is -0.340 e. The third-order valence-corrected chi connectivity index (χ3v) is 3.65. The highest BCUT2D eigenvalue weighted by molar-refractivity contribution is 5.78. The predicted octanol–water partition coefficient (Wildman–Crippen LogP) is 0.725. The molecule has 0 spiro atoms. The van der Waals surface area contributed by atoms with Gasteiger partial charge in [0.2, 0.25) is 5.91 Å². The molecule has 1 aliphatic heterocycles. The van der Waals surface area contributed by atoms with Crippen molar-refractivity contribution in [3.8, 4) is 0 Å². The van der Waals surface area contributed by atoms with E-state index in [4.69, 9.17) is 0 Å². The molecule has 0 radical (unpaired) electrons. The van der Waals surface area contributed by atoms with E-state index in [1.807, 2.05) is 17.0 Å². The summed E-state index contributed by atoms with van der Waals surface area (Å²) in [6, 6.07) is 4.01. The van der Waals surface area contributed by atoms with E-state index in [2.05, 4.69) is 22.1 Å². The van der Waals surface area contributed by atoms with E-state index in [9.17, 15) is 4.79 Å². The monoisotopic (exact) mass is 276 g/mol. The van der Waals surface area contributed by atoms with Crippen LogP contribution in [0.15, 0.2) is 24.5 Å². The molecule has 0 saturated carbocycles. The maximum atomic E-state index is 12.4. The molecule has 0 aliphatic carbocycles. The van der Waals surface area contributed by atoms with Crippen LogP contribution in [-0.2, 0) is 11.3 Å². The number of hydrogen-bond donors (Lipinski definition) is 1. The molecular formula is C15H24N4O. The lowest BCUT2D eigenvalue weighted by Crippen LogP contribution is -2.41. The third-order valence-electron chi connectivity index (χ3n) is 3.65. The molecule has 5 nitrogen and oxygen atoms in total. The van der Waals surface area contributed by atoms with E-state index in [1.54, 1.807) is 12.4 Å². The SMILES string of the molecule is CCN(CC(=O)N1CCCNCC1)Cc1ccncc1. The Kier molecular flexibility index (Phi) is 5.95. The number of aromatic nitrogens is 1. The second kappa shape index (κ2) is 7.97. The van der Waals surface area contributed by atoms with Gasteiger partial charge >= 0.3 is 0 Å². The van der Waals surface area contributed by atoms with Crippen molar-refractivity contribution in [1.29, 1.82) is 0 Å². The Morgan fingerprint density at radius 3 is 2.90 bits per heavy atom. The van der Waals surface area contributed by atoms with Gasteiger partial charge in [0.1, 0.15) is 0 Å². The van der Waals surface area contributed by atoms with Crippen molar-refractivity contribution in [2.75, 3.05) is 39.3 Å². The predicted molar refractivity (Wildman–Crippen MR) is 79.3 cm³/mol. The van der Waals surface area contributed by atoms with Gasteiger partial charge in [0.15, 0.2) is 0 Å². The first-order valence-electron chi connectivity index (χ1n) is 7.39. The van der Waals surface area contributed by atoms with Crippen LogP contribution in [-0.4, -0.2) is 60.0 Å². The van der Waals surface area contributed by atoms with Gasteiger partial charge in [-0.3, -0.25) is 14.7 Å². The molecule has 1 fully saturated rings. The van der Waals surface area contributed by atoms with Crippen LogP contribution in [0.3, 0.4) is 0 Å². The van der Waals surface area contributed by atoms with E-state index in [1.165, 1.54) is 5.56 Å². The summed E-state index contributed by atoms with van der Waals surface area (Å²) in [6.07, 6.45) is 4.64. The van der Waals surface area contributed by atoms with Gasteiger partial charge in [-0.15, -0.1) is 0 Å². The molecule has 0 aromatic carbocycles. The Morgan fingerprint density at radius 1 is 1.35 bits per heavy atom. The number of carbonyl (C=O) groups is 1. The zero-order valence-corrected chi connectivity index (χ0v) is 12.2. The van der Waals surface area contributed by atoms with Crippen molar-refractivity contribution in [3.05, 3.63) is 30.1 Å². The second-order valence-corrected chi connectivity index (χ2v) is 5.14. The molecule has 5 heteroatoms. The first-order chi connectivity index (χ1) is 9.79. The van der Waals surface area contributed by atoms with E-state index < -0.39 is 0 Å². The molecule has 1 amide bonds. The summed E-state index contributed by atoms with van der Waals surface area (Å²) in [4.78, 5) is 20.5. The first-order valence-corrected chi connectivity index (χ1v) is 7.39. The Morgan fingerprint density at radius 2 is 2.15 bits per heavy atom. The molecular weight excluding hydrogens is 252 g/mol. The molecule has 1 aromatic rings.